The number of carbonyl (C=O) groups excluding carboxylic acids is 2. The molecule has 3 aromatic carbocycles. The zero-order valence-electron chi connectivity index (χ0n) is 24.0. The molecule has 0 radical (unpaired) electrons. The van der Waals surface area contributed by atoms with Crippen LogP contribution in [0.4, 0.5) is 5.69 Å². The number of anilines is 1. The molecule has 220 valence electrons. The van der Waals surface area contributed by atoms with Crippen LogP contribution in [0.25, 0.3) is 0 Å². The van der Waals surface area contributed by atoms with E-state index in [4.69, 9.17) is 16.3 Å². The molecule has 0 aromatic heterocycles. The molecule has 0 saturated heterocycles. The van der Waals surface area contributed by atoms with Crippen LogP contribution in [0.15, 0.2) is 72.8 Å². The van der Waals surface area contributed by atoms with Gasteiger partial charge in [-0.15, -0.1) is 0 Å². The lowest BCUT2D eigenvalue weighted by Crippen LogP contribution is -2.53. The van der Waals surface area contributed by atoms with Gasteiger partial charge in [-0.05, 0) is 48.2 Å². The second kappa shape index (κ2) is 14.9. The van der Waals surface area contributed by atoms with Crippen LogP contribution in [0.5, 0.6) is 5.75 Å². The van der Waals surface area contributed by atoms with Crippen LogP contribution in [0, 0.1) is 6.92 Å². The quantitative estimate of drug-likeness (QED) is 0.264. The molecular formula is C31H38ClN3O5S. The third kappa shape index (κ3) is 8.96. The highest BCUT2D eigenvalue weighted by Gasteiger charge is 2.34. The van der Waals surface area contributed by atoms with E-state index in [0.717, 1.165) is 34.5 Å². The molecule has 41 heavy (non-hydrogen) atoms. The van der Waals surface area contributed by atoms with Crippen LogP contribution in [-0.2, 0) is 32.6 Å². The number of nitrogens with zero attached hydrogens (tertiary/aromatic N) is 2. The molecule has 1 N–H and O–H groups in total. The average molecular weight is 600 g/mol. The van der Waals surface area contributed by atoms with Crippen LogP contribution in [0.1, 0.15) is 36.5 Å². The van der Waals surface area contributed by atoms with Crippen molar-refractivity contribution in [3.05, 3.63) is 94.5 Å². The minimum absolute atomic E-state index is 0.0136. The van der Waals surface area contributed by atoms with Gasteiger partial charge in [0.1, 0.15) is 18.3 Å². The summed E-state index contributed by atoms with van der Waals surface area (Å²) in [7, 11) is -2.48. The summed E-state index contributed by atoms with van der Waals surface area (Å²) < 4.78 is 32.6. The summed E-state index contributed by atoms with van der Waals surface area (Å²) in [6.45, 7) is 3.80. The standard InChI is InChI=1S/C31H38ClN3O5S/c1-5-6-18-33-31(37)28(20-24-12-8-7-9-13-24)34(21-25-14-10-11-15-26(25)32)30(36)22-35(41(4,38)39)27-19-23(2)16-17-29(27)40-3/h7-17,19,28H,5-6,18,20-22H2,1-4H3,(H,33,37)/t28-/m1/s1. The average Bonchev–Trinajstić information content (AvgIpc) is 2.94. The maximum Gasteiger partial charge on any atom is 0.244 e. The van der Waals surface area contributed by atoms with Gasteiger partial charge in [0.05, 0.1) is 19.1 Å². The van der Waals surface area contributed by atoms with E-state index in [1.165, 1.54) is 12.0 Å². The molecule has 10 heteroatoms. The summed E-state index contributed by atoms with van der Waals surface area (Å²) in [4.78, 5) is 29.3. The Hall–Kier alpha value is -3.56. The van der Waals surface area contributed by atoms with E-state index in [2.05, 4.69) is 5.32 Å². The number of nitrogens with one attached hydrogen (secondary N) is 1. The third-order valence-corrected chi connectivity index (χ3v) is 8.18. The molecular weight excluding hydrogens is 562 g/mol. The first-order chi connectivity index (χ1) is 19.5. The van der Waals surface area contributed by atoms with Gasteiger partial charge in [0.25, 0.3) is 0 Å². The van der Waals surface area contributed by atoms with E-state index in [1.807, 2.05) is 44.2 Å². The number of aryl methyl sites for hydroxylation is 1. The molecule has 0 saturated carbocycles. The van der Waals surface area contributed by atoms with E-state index in [-0.39, 0.29) is 24.6 Å². The van der Waals surface area contributed by atoms with Gasteiger partial charge in [-0.3, -0.25) is 13.9 Å². The molecule has 0 unspecified atom stereocenters. The van der Waals surface area contributed by atoms with Crippen LogP contribution in [-0.4, -0.2) is 57.6 Å². The van der Waals surface area contributed by atoms with E-state index < -0.39 is 28.5 Å². The maximum absolute atomic E-state index is 14.2. The maximum atomic E-state index is 14.2. The lowest BCUT2D eigenvalue weighted by molar-refractivity contribution is -0.140. The Labute approximate surface area is 248 Å². The van der Waals surface area contributed by atoms with Crippen molar-refractivity contribution in [3.8, 4) is 5.75 Å². The van der Waals surface area contributed by atoms with E-state index in [0.29, 0.717) is 22.9 Å². The second-order valence-corrected chi connectivity index (χ2v) is 12.2. The van der Waals surface area contributed by atoms with Crippen molar-refractivity contribution in [2.75, 3.05) is 30.8 Å². The second-order valence-electron chi connectivity index (χ2n) is 9.91. The van der Waals surface area contributed by atoms with Gasteiger partial charge in [0.2, 0.25) is 21.8 Å². The Balaban J connectivity index is 2.09. The summed E-state index contributed by atoms with van der Waals surface area (Å²) >= 11 is 6.49. The first kappa shape index (κ1) is 32.0. The molecule has 2 amide bonds. The number of carbonyl (C=O) groups is 2. The van der Waals surface area contributed by atoms with Crippen molar-refractivity contribution in [2.24, 2.45) is 0 Å². The molecule has 0 heterocycles. The van der Waals surface area contributed by atoms with Crippen molar-refractivity contribution < 1.29 is 22.7 Å². The predicted molar refractivity (Wildman–Crippen MR) is 164 cm³/mol. The number of ether oxygens (including phenoxy) is 1. The van der Waals surface area contributed by atoms with Gasteiger partial charge in [0.15, 0.2) is 0 Å². The molecule has 3 rings (SSSR count). The zero-order valence-corrected chi connectivity index (χ0v) is 25.5. The number of amides is 2. The molecule has 3 aromatic rings. The Bertz CT molecular complexity index is 1430. The molecule has 0 aliphatic heterocycles. The minimum atomic E-state index is -3.92. The van der Waals surface area contributed by atoms with Crippen LogP contribution >= 0.6 is 11.6 Å². The molecule has 0 fully saturated rings. The molecule has 1 atom stereocenters. The van der Waals surface area contributed by atoms with Gasteiger partial charge < -0.3 is 15.0 Å². The lowest BCUT2D eigenvalue weighted by Gasteiger charge is -2.34. The Morgan fingerprint density at radius 2 is 1.71 bits per heavy atom. The number of rotatable bonds is 14. The summed E-state index contributed by atoms with van der Waals surface area (Å²) in [5.41, 5.74) is 2.54. The Morgan fingerprint density at radius 3 is 2.34 bits per heavy atom. The summed E-state index contributed by atoms with van der Waals surface area (Å²) in [6, 6.07) is 20.7. The highest BCUT2D eigenvalue weighted by Crippen LogP contribution is 2.31. The largest absolute Gasteiger partial charge is 0.495 e. The molecule has 0 aliphatic rings. The fraction of sp³-hybridized carbons (Fsp3) is 0.355. The molecule has 8 nitrogen and oxygen atoms in total. The predicted octanol–water partition coefficient (Wildman–Crippen LogP) is 4.98. The van der Waals surface area contributed by atoms with Crippen molar-refractivity contribution in [2.45, 2.75) is 45.7 Å². The number of methoxy groups -OCH3 is 1. The van der Waals surface area contributed by atoms with Gasteiger partial charge in [0, 0.05) is 24.5 Å². The highest BCUT2D eigenvalue weighted by atomic mass is 35.5. The van der Waals surface area contributed by atoms with Crippen molar-refractivity contribution in [1.82, 2.24) is 10.2 Å². The van der Waals surface area contributed by atoms with E-state index in [1.54, 1.807) is 42.5 Å². The van der Waals surface area contributed by atoms with Gasteiger partial charge >= 0.3 is 0 Å². The smallest absolute Gasteiger partial charge is 0.244 e. The topological polar surface area (TPSA) is 96.0 Å². The summed E-state index contributed by atoms with van der Waals surface area (Å²) in [5.74, 6) is -0.558. The van der Waals surface area contributed by atoms with Crippen LogP contribution in [0.3, 0.4) is 0 Å². The summed E-state index contributed by atoms with van der Waals surface area (Å²) in [6.07, 6.45) is 2.96. The van der Waals surface area contributed by atoms with Crippen LogP contribution < -0.4 is 14.4 Å². The van der Waals surface area contributed by atoms with Gasteiger partial charge in [-0.25, -0.2) is 8.42 Å². The molecule has 0 aliphatic carbocycles. The molecule has 0 spiro atoms. The number of hydrogen-bond donors (Lipinski definition) is 1. The van der Waals surface area contributed by atoms with Gasteiger partial charge in [-0.1, -0.05) is 79.5 Å². The molecule has 0 bridgehead atoms. The number of benzene rings is 3. The normalized spacial score (nSPS) is 11.9. The minimum Gasteiger partial charge on any atom is -0.495 e. The van der Waals surface area contributed by atoms with Crippen molar-refractivity contribution in [3.63, 3.8) is 0 Å². The number of sulfonamides is 1. The summed E-state index contributed by atoms with van der Waals surface area (Å²) in [5, 5.41) is 3.40. The van der Waals surface area contributed by atoms with E-state index in [9.17, 15) is 18.0 Å². The van der Waals surface area contributed by atoms with Gasteiger partial charge in [-0.2, -0.15) is 0 Å². The Morgan fingerprint density at radius 1 is 1.02 bits per heavy atom. The highest BCUT2D eigenvalue weighted by molar-refractivity contribution is 7.92. The SMILES string of the molecule is CCCCNC(=O)[C@@H](Cc1ccccc1)N(Cc1ccccc1Cl)C(=O)CN(c1cc(C)ccc1OC)S(C)(=O)=O. The fourth-order valence-electron chi connectivity index (χ4n) is 4.46. The number of hydrogen-bond acceptors (Lipinski definition) is 5. The number of halogens is 1. The third-order valence-electron chi connectivity index (χ3n) is 6.68. The lowest BCUT2D eigenvalue weighted by atomic mass is 10.0. The Kier molecular flexibility index (Phi) is 11.6. The van der Waals surface area contributed by atoms with E-state index >= 15 is 0 Å². The zero-order chi connectivity index (χ0) is 30.0. The van der Waals surface area contributed by atoms with Crippen LogP contribution in [0.2, 0.25) is 5.02 Å². The first-order valence-corrected chi connectivity index (χ1v) is 15.7. The fourth-order valence-corrected chi connectivity index (χ4v) is 5.50. The van der Waals surface area contributed by atoms with Crippen molar-refractivity contribution in [1.29, 1.82) is 0 Å². The number of unbranched alkanes of at least 4 members (excludes halogenated alkanes) is 1. The van der Waals surface area contributed by atoms with Crippen molar-refractivity contribution >= 4 is 39.1 Å². The monoisotopic (exact) mass is 599 g/mol. The first-order valence-electron chi connectivity index (χ1n) is 13.5.